The average molecular weight is 485 g/mol. The molecule has 1 aliphatic heterocycles. The number of hydrogen-bond donors (Lipinski definition) is 0. The van der Waals surface area contributed by atoms with E-state index in [9.17, 15) is 31.2 Å². The molecule has 0 unspecified atom stereocenters. The Morgan fingerprint density at radius 2 is 1.85 bits per heavy atom. The van der Waals surface area contributed by atoms with Gasteiger partial charge in [-0.3, -0.25) is 4.79 Å². The summed E-state index contributed by atoms with van der Waals surface area (Å²) in [4.78, 5) is 26.5. The third kappa shape index (κ3) is 5.29. The second-order valence-corrected chi connectivity index (χ2v) is 9.52. The van der Waals surface area contributed by atoms with Crippen molar-refractivity contribution in [1.82, 2.24) is 0 Å². The van der Waals surface area contributed by atoms with Crippen molar-refractivity contribution in [3.63, 3.8) is 0 Å². The third-order valence-electron chi connectivity index (χ3n) is 5.11. The lowest BCUT2D eigenvalue weighted by atomic mass is 10.1. The second-order valence-electron chi connectivity index (χ2n) is 7.50. The molecule has 0 saturated carbocycles. The van der Waals surface area contributed by atoms with Crippen molar-refractivity contribution >= 4 is 27.4 Å². The summed E-state index contributed by atoms with van der Waals surface area (Å²) in [6.07, 6.45) is -5.54. The van der Waals surface area contributed by atoms with Gasteiger partial charge in [0.25, 0.3) is 5.91 Å². The predicted molar refractivity (Wildman–Crippen MR) is 113 cm³/mol. The molecule has 1 aliphatic rings. The van der Waals surface area contributed by atoms with E-state index in [1.165, 1.54) is 11.0 Å². The molecule has 0 radical (unpaired) electrons. The van der Waals surface area contributed by atoms with Gasteiger partial charge in [-0.15, -0.1) is 0 Å². The van der Waals surface area contributed by atoms with Crippen LogP contribution in [0.2, 0.25) is 0 Å². The molecule has 0 spiro atoms. The summed E-state index contributed by atoms with van der Waals surface area (Å²) in [6, 6.07) is 7.83. The topological polar surface area (TPSA) is 90.0 Å². The molecular formula is C22H22F3NO6S. The molecule has 1 amide bonds. The van der Waals surface area contributed by atoms with Crippen molar-refractivity contribution in [1.29, 1.82) is 0 Å². The fourth-order valence-corrected chi connectivity index (χ4v) is 3.99. The highest BCUT2D eigenvalue weighted by atomic mass is 32.2. The number of fused-ring (bicyclic) bond motifs is 1. The minimum absolute atomic E-state index is 0.162. The standard InChI is InChI=1S/C22H22F3NO6S/c1-4-31-21(28)15-6-5-14-9-10-26(18(14)11-15)20(27)17-12-16(33(3,29)30)7-8-19(17)32-13(2)22(23,24)25/h5-8,11-13H,4,9-10H2,1-3H3/t13-/m0/s1. The van der Waals surface area contributed by atoms with E-state index >= 15 is 0 Å². The molecule has 7 nitrogen and oxygen atoms in total. The minimum Gasteiger partial charge on any atom is -0.480 e. The van der Waals surface area contributed by atoms with E-state index in [0.29, 0.717) is 12.1 Å². The van der Waals surface area contributed by atoms with E-state index in [4.69, 9.17) is 9.47 Å². The zero-order chi connectivity index (χ0) is 24.6. The molecular weight excluding hydrogens is 463 g/mol. The van der Waals surface area contributed by atoms with Crippen LogP contribution in [0.15, 0.2) is 41.3 Å². The lowest BCUT2D eigenvalue weighted by Crippen LogP contribution is -2.33. The number of amides is 1. The van der Waals surface area contributed by atoms with Gasteiger partial charge in [0.1, 0.15) is 5.75 Å². The predicted octanol–water partition coefficient (Wildman–Crippen LogP) is 3.80. The fraction of sp³-hybridized carbons (Fsp3) is 0.364. The molecule has 0 saturated heterocycles. The molecule has 0 aliphatic carbocycles. The molecule has 2 aromatic carbocycles. The zero-order valence-corrected chi connectivity index (χ0v) is 18.9. The number of carbonyl (C=O) groups is 2. The number of anilines is 1. The summed E-state index contributed by atoms with van der Waals surface area (Å²) in [5.74, 6) is -1.72. The lowest BCUT2D eigenvalue weighted by Gasteiger charge is -2.23. The van der Waals surface area contributed by atoms with Gasteiger partial charge in [-0.05, 0) is 56.2 Å². The normalized spacial score (nSPS) is 14.5. The molecule has 3 rings (SSSR count). The van der Waals surface area contributed by atoms with Crippen LogP contribution >= 0.6 is 0 Å². The highest BCUT2D eigenvalue weighted by Crippen LogP contribution is 2.34. The zero-order valence-electron chi connectivity index (χ0n) is 18.1. The van der Waals surface area contributed by atoms with Crippen molar-refractivity contribution in [2.45, 2.75) is 37.4 Å². The van der Waals surface area contributed by atoms with Gasteiger partial charge in [0.2, 0.25) is 0 Å². The number of rotatable bonds is 6. The number of sulfone groups is 1. The van der Waals surface area contributed by atoms with Crippen LogP contribution in [0.4, 0.5) is 18.9 Å². The van der Waals surface area contributed by atoms with Gasteiger partial charge in [-0.2, -0.15) is 13.2 Å². The molecule has 33 heavy (non-hydrogen) atoms. The van der Waals surface area contributed by atoms with Crippen LogP contribution in [-0.2, 0) is 21.0 Å². The summed E-state index contributed by atoms with van der Waals surface area (Å²) in [7, 11) is -3.75. The molecule has 178 valence electrons. The van der Waals surface area contributed by atoms with E-state index in [1.54, 1.807) is 19.1 Å². The van der Waals surface area contributed by atoms with Crippen LogP contribution in [0.1, 0.15) is 40.1 Å². The summed E-state index contributed by atoms with van der Waals surface area (Å²) in [5, 5.41) is 0. The van der Waals surface area contributed by atoms with E-state index in [1.807, 2.05) is 0 Å². The van der Waals surface area contributed by atoms with Crippen LogP contribution in [0.25, 0.3) is 0 Å². The minimum atomic E-state index is -4.69. The maximum absolute atomic E-state index is 13.4. The highest BCUT2D eigenvalue weighted by molar-refractivity contribution is 7.90. The van der Waals surface area contributed by atoms with Crippen LogP contribution in [0.5, 0.6) is 5.75 Å². The van der Waals surface area contributed by atoms with Gasteiger partial charge < -0.3 is 14.4 Å². The molecule has 0 bridgehead atoms. The van der Waals surface area contributed by atoms with Gasteiger partial charge in [0.05, 0.1) is 22.6 Å². The number of nitrogens with zero attached hydrogens (tertiary/aromatic N) is 1. The molecule has 0 fully saturated rings. The molecule has 1 atom stereocenters. The van der Waals surface area contributed by atoms with E-state index in [-0.39, 0.29) is 29.2 Å². The monoisotopic (exact) mass is 485 g/mol. The van der Waals surface area contributed by atoms with Crippen molar-refractivity contribution in [2.24, 2.45) is 0 Å². The first-order valence-electron chi connectivity index (χ1n) is 10.0. The lowest BCUT2D eigenvalue weighted by molar-refractivity contribution is -0.189. The summed E-state index contributed by atoms with van der Waals surface area (Å²) >= 11 is 0. The summed E-state index contributed by atoms with van der Waals surface area (Å²) < 4.78 is 73.2. The summed E-state index contributed by atoms with van der Waals surface area (Å²) in [5.41, 5.74) is 1.03. The number of esters is 1. The van der Waals surface area contributed by atoms with Crippen molar-refractivity contribution in [3.05, 3.63) is 53.1 Å². The first kappa shape index (κ1) is 24.6. The quantitative estimate of drug-likeness (QED) is 0.579. The largest absolute Gasteiger partial charge is 0.480 e. The average Bonchev–Trinajstić information content (AvgIpc) is 3.15. The molecule has 11 heteroatoms. The molecule has 1 heterocycles. The van der Waals surface area contributed by atoms with E-state index < -0.39 is 39.7 Å². The Balaban J connectivity index is 2.05. The Bertz CT molecular complexity index is 1190. The third-order valence-corrected chi connectivity index (χ3v) is 6.22. The van der Waals surface area contributed by atoms with Crippen LogP contribution in [0.3, 0.4) is 0 Å². The van der Waals surface area contributed by atoms with Gasteiger partial charge in [-0.1, -0.05) is 6.07 Å². The van der Waals surface area contributed by atoms with Crippen molar-refractivity contribution in [3.8, 4) is 5.75 Å². The Hall–Kier alpha value is -3.08. The molecule has 0 aromatic heterocycles. The maximum Gasteiger partial charge on any atom is 0.425 e. The molecule has 2 aromatic rings. The first-order valence-corrected chi connectivity index (χ1v) is 11.9. The number of hydrogen-bond acceptors (Lipinski definition) is 6. The van der Waals surface area contributed by atoms with Crippen LogP contribution < -0.4 is 9.64 Å². The number of carbonyl (C=O) groups excluding carboxylic acids is 2. The second kappa shape index (κ2) is 9.05. The smallest absolute Gasteiger partial charge is 0.425 e. The highest BCUT2D eigenvalue weighted by Gasteiger charge is 2.39. The van der Waals surface area contributed by atoms with Gasteiger partial charge in [0, 0.05) is 18.5 Å². The van der Waals surface area contributed by atoms with Crippen LogP contribution in [0, 0.1) is 0 Å². The summed E-state index contributed by atoms with van der Waals surface area (Å²) in [6.45, 7) is 2.79. The van der Waals surface area contributed by atoms with Gasteiger partial charge in [0.15, 0.2) is 15.9 Å². The van der Waals surface area contributed by atoms with E-state index in [0.717, 1.165) is 36.9 Å². The molecule has 0 N–H and O–H groups in total. The fourth-order valence-electron chi connectivity index (χ4n) is 3.34. The van der Waals surface area contributed by atoms with Crippen LogP contribution in [-0.4, -0.2) is 52.0 Å². The Morgan fingerprint density at radius 1 is 1.15 bits per heavy atom. The Labute approximate surface area is 189 Å². The Morgan fingerprint density at radius 3 is 2.45 bits per heavy atom. The SMILES string of the molecule is CCOC(=O)c1ccc2c(c1)N(C(=O)c1cc(S(C)(=O)=O)ccc1O[C@@H](C)C(F)(F)F)CC2. The number of alkyl halides is 3. The number of ether oxygens (including phenoxy) is 2. The first-order chi connectivity index (χ1) is 15.3. The Kier molecular flexibility index (Phi) is 6.73. The van der Waals surface area contributed by atoms with E-state index in [2.05, 4.69) is 0 Å². The van der Waals surface area contributed by atoms with Gasteiger partial charge >= 0.3 is 12.1 Å². The number of halogens is 3. The van der Waals surface area contributed by atoms with Crippen molar-refractivity contribution in [2.75, 3.05) is 24.3 Å². The van der Waals surface area contributed by atoms with Crippen molar-refractivity contribution < 1.29 is 40.7 Å². The maximum atomic E-state index is 13.4. The number of benzene rings is 2. The van der Waals surface area contributed by atoms with Gasteiger partial charge in [-0.25, -0.2) is 13.2 Å².